The first-order chi connectivity index (χ1) is 13.1. The summed E-state index contributed by atoms with van der Waals surface area (Å²) in [4.78, 5) is 12.4. The van der Waals surface area contributed by atoms with E-state index in [0.717, 1.165) is 17.1 Å². The molecule has 0 saturated carbocycles. The Kier molecular flexibility index (Phi) is 7.60. The van der Waals surface area contributed by atoms with Gasteiger partial charge >= 0.3 is 0 Å². The van der Waals surface area contributed by atoms with Crippen molar-refractivity contribution >= 4 is 26.0 Å². The second-order valence-corrected chi connectivity index (χ2v) is 11.2. The van der Waals surface area contributed by atoms with Gasteiger partial charge in [0.2, 0.25) is 26.0 Å². The van der Waals surface area contributed by atoms with Crippen molar-refractivity contribution in [2.75, 3.05) is 33.7 Å². The van der Waals surface area contributed by atoms with E-state index in [9.17, 15) is 21.6 Å². The molecular weight excluding hydrogens is 402 g/mol. The standard InChI is InChI=1S/C18H29N3O5S2/c1-4-5-12-19-18(22)15-7-6-13-21(14-15)28(25,26)17-10-8-16(9-11-17)27(23,24)20(2)3/h8-11,15H,4-7,12-14H2,1-3H3,(H,19,22)/t15-/m0/s1. The lowest BCUT2D eigenvalue weighted by molar-refractivity contribution is -0.126. The first-order valence-corrected chi connectivity index (χ1v) is 12.3. The number of hydrogen-bond acceptors (Lipinski definition) is 5. The summed E-state index contributed by atoms with van der Waals surface area (Å²) >= 11 is 0. The zero-order valence-corrected chi connectivity index (χ0v) is 18.2. The Bertz CT molecular complexity index is 880. The number of benzene rings is 1. The summed E-state index contributed by atoms with van der Waals surface area (Å²) in [5.41, 5.74) is 0. The van der Waals surface area contributed by atoms with E-state index in [2.05, 4.69) is 5.32 Å². The molecule has 0 unspecified atom stereocenters. The van der Waals surface area contributed by atoms with Gasteiger partial charge in [-0.2, -0.15) is 4.31 Å². The fourth-order valence-corrected chi connectivity index (χ4v) is 5.48. The minimum atomic E-state index is -3.79. The van der Waals surface area contributed by atoms with Crippen LogP contribution in [0.2, 0.25) is 0 Å². The number of sulfonamides is 2. The van der Waals surface area contributed by atoms with Crippen molar-refractivity contribution in [3.8, 4) is 0 Å². The number of nitrogens with one attached hydrogen (secondary N) is 1. The predicted octanol–water partition coefficient (Wildman–Crippen LogP) is 1.25. The second kappa shape index (κ2) is 9.34. The predicted molar refractivity (Wildman–Crippen MR) is 107 cm³/mol. The van der Waals surface area contributed by atoms with Gasteiger partial charge in [0.1, 0.15) is 0 Å². The molecular formula is C18H29N3O5S2. The highest BCUT2D eigenvalue weighted by atomic mass is 32.2. The lowest BCUT2D eigenvalue weighted by Gasteiger charge is -2.31. The molecule has 0 radical (unpaired) electrons. The van der Waals surface area contributed by atoms with Crippen molar-refractivity contribution < 1.29 is 21.6 Å². The quantitative estimate of drug-likeness (QED) is 0.624. The van der Waals surface area contributed by atoms with Gasteiger partial charge in [0.15, 0.2) is 0 Å². The summed E-state index contributed by atoms with van der Waals surface area (Å²) in [7, 11) is -4.58. The Balaban J connectivity index is 2.14. The molecule has 28 heavy (non-hydrogen) atoms. The van der Waals surface area contributed by atoms with E-state index in [0.29, 0.717) is 25.9 Å². The Morgan fingerprint density at radius 3 is 2.32 bits per heavy atom. The fraction of sp³-hybridized carbons (Fsp3) is 0.611. The van der Waals surface area contributed by atoms with Crippen LogP contribution in [0.25, 0.3) is 0 Å². The minimum Gasteiger partial charge on any atom is -0.356 e. The number of rotatable bonds is 8. The minimum absolute atomic E-state index is 0.0252. The van der Waals surface area contributed by atoms with E-state index >= 15 is 0 Å². The van der Waals surface area contributed by atoms with E-state index in [1.807, 2.05) is 6.92 Å². The number of amides is 1. The smallest absolute Gasteiger partial charge is 0.243 e. The average Bonchev–Trinajstić information content (AvgIpc) is 2.68. The maximum absolute atomic E-state index is 12.9. The van der Waals surface area contributed by atoms with Crippen LogP contribution < -0.4 is 5.32 Å². The van der Waals surface area contributed by atoms with Gasteiger partial charge in [0.25, 0.3) is 0 Å². The molecule has 2 rings (SSSR count). The molecule has 10 heteroatoms. The Morgan fingerprint density at radius 2 is 1.75 bits per heavy atom. The third-order valence-electron chi connectivity index (χ3n) is 4.82. The summed E-state index contributed by atoms with van der Waals surface area (Å²) in [6.07, 6.45) is 3.13. The lowest BCUT2D eigenvalue weighted by atomic mass is 9.99. The second-order valence-electron chi connectivity index (χ2n) is 7.11. The van der Waals surface area contributed by atoms with Crippen LogP contribution in [0, 0.1) is 5.92 Å². The van der Waals surface area contributed by atoms with Crippen molar-refractivity contribution in [2.45, 2.75) is 42.4 Å². The van der Waals surface area contributed by atoms with Crippen LogP contribution in [-0.2, 0) is 24.8 Å². The van der Waals surface area contributed by atoms with Crippen LogP contribution >= 0.6 is 0 Å². The summed E-state index contributed by atoms with van der Waals surface area (Å²) in [6.45, 7) is 3.12. The molecule has 0 spiro atoms. The van der Waals surface area contributed by atoms with Crippen LogP contribution in [0.15, 0.2) is 34.1 Å². The molecule has 0 bridgehead atoms. The number of carbonyl (C=O) groups excluding carboxylic acids is 1. The van der Waals surface area contributed by atoms with Gasteiger partial charge in [-0.05, 0) is 43.5 Å². The van der Waals surface area contributed by atoms with Crippen LogP contribution in [-0.4, -0.2) is 65.1 Å². The van der Waals surface area contributed by atoms with Gasteiger partial charge in [-0.3, -0.25) is 4.79 Å². The first kappa shape index (κ1) is 22.8. The van der Waals surface area contributed by atoms with Crippen molar-refractivity contribution in [3.63, 3.8) is 0 Å². The maximum atomic E-state index is 12.9. The molecule has 158 valence electrons. The van der Waals surface area contributed by atoms with Crippen molar-refractivity contribution in [2.24, 2.45) is 5.92 Å². The molecule has 1 aromatic rings. The highest BCUT2D eigenvalue weighted by molar-refractivity contribution is 7.89. The zero-order valence-electron chi connectivity index (χ0n) is 16.6. The zero-order chi connectivity index (χ0) is 20.9. The third-order valence-corrected chi connectivity index (χ3v) is 8.53. The number of nitrogens with zero attached hydrogens (tertiary/aromatic N) is 2. The Morgan fingerprint density at radius 1 is 1.14 bits per heavy atom. The first-order valence-electron chi connectivity index (χ1n) is 9.41. The molecule has 1 atom stereocenters. The van der Waals surface area contributed by atoms with Crippen LogP contribution in [0.1, 0.15) is 32.6 Å². The lowest BCUT2D eigenvalue weighted by Crippen LogP contribution is -2.45. The van der Waals surface area contributed by atoms with E-state index < -0.39 is 20.0 Å². The monoisotopic (exact) mass is 431 g/mol. The molecule has 1 aliphatic rings. The Hall–Kier alpha value is -1.49. The topological polar surface area (TPSA) is 104 Å². The van der Waals surface area contributed by atoms with Crippen molar-refractivity contribution in [1.29, 1.82) is 0 Å². The van der Waals surface area contributed by atoms with Crippen LogP contribution in [0.3, 0.4) is 0 Å². The highest BCUT2D eigenvalue weighted by Gasteiger charge is 2.33. The van der Waals surface area contributed by atoms with E-state index in [1.165, 1.54) is 42.7 Å². The molecule has 0 aliphatic carbocycles. The molecule has 0 aromatic heterocycles. The van der Waals surface area contributed by atoms with Crippen LogP contribution in [0.4, 0.5) is 0 Å². The summed E-state index contributed by atoms with van der Waals surface area (Å²) in [5.74, 6) is -0.477. The number of hydrogen-bond donors (Lipinski definition) is 1. The van der Waals surface area contributed by atoms with E-state index in [-0.39, 0.29) is 28.2 Å². The molecule has 1 saturated heterocycles. The molecule has 1 aliphatic heterocycles. The number of unbranched alkanes of at least 4 members (excludes halogenated alkanes) is 1. The molecule has 8 nitrogen and oxygen atoms in total. The van der Waals surface area contributed by atoms with E-state index in [1.54, 1.807) is 0 Å². The van der Waals surface area contributed by atoms with Crippen molar-refractivity contribution in [1.82, 2.24) is 13.9 Å². The maximum Gasteiger partial charge on any atom is 0.243 e. The fourth-order valence-electron chi connectivity index (χ4n) is 3.05. The Labute approximate surface area is 168 Å². The number of carbonyl (C=O) groups is 1. The molecule has 1 fully saturated rings. The van der Waals surface area contributed by atoms with Crippen LogP contribution in [0.5, 0.6) is 0 Å². The van der Waals surface area contributed by atoms with Gasteiger partial charge in [-0.15, -0.1) is 0 Å². The SMILES string of the molecule is CCCCNC(=O)[C@H]1CCCN(S(=O)(=O)c2ccc(S(=O)(=O)N(C)C)cc2)C1. The third kappa shape index (κ3) is 5.11. The largest absolute Gasteiger partial charge is 0.356 e. The summed E-state index contributed by atoms with van der Waals surface area (Å²) < 4.78 is 52.6. The summed E-state index contributed by atoms with van der Waals surface area (Å²) in [6, 6.07) is 5.19. The molecule has 1 aromatic carbocycles. The molecule has 1 N–H and O–H groups in total. The van der Waals surface area contributed by atoms with Crippen molar-refractivity contribution in [3.05, 3.63) is 24.3 Å². The van der Waals surface area contributed by atoms with Gasteiger partial charge in [0.05, 0.1) is 15.7 Å². The average molecular weight is 432 g/mol. The summed E-state index contributed by atoms with van der Waals surface area (Å²) in [5, 5.41) is 2.87. The van der Waals surface area contributed by atoms with Gasteiger partial charge < -0.3 is 5.32 Å². The molecule has 1 amide bonds. The normalized spacial score (nSPS) is 18.9. The number of piperidine rings is 1. The van der Waals surface area contributed by atoms with Gasteiger partial charge in [-0.1, -0.05) is 13.3 Å². The van der Waals surface area contributed by atoms with Gasteiger partial charge in [0, 0.05) is 33.7 Å². The molecule has 1 heterocycles. The highest BCUT2D eigenvalue weighted by Crippen LogP contribution is 2.25. The van der Waals surface area contributed by atoms with Gasteiger partial charge in [-0.25, -0.2) is 21.1 Å². The van der Waals surface area contributed by atoms with E-state index in [4.69, 9.17) is 0 Å².